The predicted molar refractivity (Wildman–Crippen MR) is 92.3 cm³/mol. The molecule has 0 bridgehead atoms. The molecule has 0 saturated heterocycles. The van der Waals surface area contributed by atoms with Crippen LogP contribution in [0.25, 0.3) is 11.1 Å². The van der Waals surface area contributed by atoms with Gasteiger partial charge >= 0.3 is 6.11 Å². The minimum absolute atomic E-state index is 0.0180. The lowest BCUT2D eigenvalue weighted by atomic mass is 10.0. The summed E-state index contributed by atoms with van der Waals surface area (Å²) in [5.41, 5.74) is -3.67. The van der Waals surface area contributed by atoms with Gasteiger partial charge < -0.3 is 4.74 Å². The molecule has 1 nitrogen and oxygen atoms in total. The maximum atomic E-state index is 14.4. The molecule has 0 fully saturated rings. The quantitative estimate of drug-likeness (QED) is 0.368. The topological polar surface area (TPSA) is 9.23 Å². The Labute approximate surface area is 169 Å². The lowest BCUT2D eigenvalue weighted by molar-refractivity contribution is -0.187. The van der Waals surface area contributed by atoms with E-state index in [0.29, 0.717) is 12.1 Å². The fraction of sp³-hybridized carbons (Fsp3) is 0.143. The van der Waals surface area contributed by atoms with Gasteiger partial charge in [0.25, 0.3) is 6.43 Å². The summed E-state index contributed by atoms with van der Waals surface area (Å²) in [6, 6.07) is 4.44. The molecule has 10 heteroatoms. The van der Waals surface area contributed by atoms with Crippen LogP contribution in [0, 0.1) is 36.0 Å². The van der Waals surface area contributed by atoms with E-state index in [4.69, 9.17) is 0 Å². The fourth-order valence-electron chi connectivity index (χ4n) is 2.82. The van der Waals surface area contributed by atoms with Crippen molar-refractivity contribution in [2.75, 3.05) is 0 Å². The summed E-state index contributed by atoms with van der Waals surface area (Å²) in [6.07, 6.45) is -8.02. The van der Waals surface area contributed by atoms with Gasteiger partial charge in [-0.05, 0) is 30.2 Å². The van der Waals surface area contributed by atoms with Crippen LogP contribution >= 0.6 is 0 Å². The molecule has 0 amide bonds. The van der Waals surface area contributed by atoms with E-state index in [0.717, 1.165) is 12.1 Å². The molecule has 0 spiro atoms. The molecule has 0 N–H and O–H groups in total. The zero-order chi connectivity index (χ0) is 23.1. The molecule has 0 aliphatic rings. The van der Waals surface area contributed by atoms with E-state index in [-0.39, 0.29) is 28.8 Å². The monoisotopic (exact) mass is 450 g/mol. The third kappa shape index (κ3) is 4.33. The SMILES string of the molecule is Cc1ccc(-c2ccc(C(F)(F)Oc3cc(F)c(C(F)F)c(F)c3)c(F)c2)c(F)c1F. The van der Waals surface area contributed by atoms with E-state index < -0.39 is 58.5 Å². The molecule has 0 atom stereocenters. The summed E-state index contributed by atoms with van der Waals surface area (Å²) < 4.78 is 127. The molecule has 0 aliphatic heterocycles. The smallest absolute Gasteiger partial charge is 0.429 e. The van der Waals surface area contributed by atoms with Gasteiger partial charge in [0, 0.05) is 17.7 Å². The minimum atomic E-state index is -4.48. The van der Waals surface area contributed by atoms with Crippen molar-refractivity contribution in [2.24, 2.45) is 0 Å². The molecule has 0 aromatic heterocycles. The molecular formula is C21H11F9O. The molecule has 3 aromatic rings. The summed E-state index contributed by atoms with van der Waals surface area (Å²) in [4.78, 5) is 0. The van der Waals surface area contributed by atoms with E-state index in [1.807, 2.05) is 0 Å². The third-order valence-electron chi connectivity index (χ3n) is 4.39. The van der Waals surface area contributed by atoms with Crippen molar-refractivity contribution in [3.05, 3.63) is 88.2 Å². The fourth-order valence-corrected chi connectivity index (χ4v) is 2.82. The number of aryl methyl sites for hydroxylation is 1. The first-order valence-electron chi connectivity index (χ1n) is 8.51. The molecule has 0 saturated carbocycles. The van der Waals surface area contributed by atoms with Crippen molar-refractivity contribution in [2.45, 2.75) is 19.5 Å². The molecular weight excluding hydrogens is 439 g/mol. The number of hydrogen-bond acceptors (Lipinski definition) is 1. The van der Waals surface area contributed by atoms with E-state index in [1.165, 1.54) is 13.0 Å². The molecule has 0 heterocycles. The predicted octanol–water partition coefficient (Wildman–Crippen LogP) is 7.42. The molecule has 0 aliphatic carbocycles. The second-order valence-corrected chi connectivity index (χ2v) is 6.47. The molecule has 0 radical (unpaired) electrons. The Bertz CT molecular complexity index is 1120. The lowest BCUT2D eigenvalue weighted by Gasteiger charge is -2.20. The summed E-state index contributed by atoms with van der Waals surface area (Å²) in [7, 11) is 0. The Hall–Kier alpha value is -3.17. The van der Waals surface area contributed by atoms with Crippen LogP contribution in [0.15, 0.2) is 42.5 Å². The van der Waals surface area contributed by atoms with Gasteiger partial charge in [-0.2, -0.15) is 8.78 Å². The first-order chi connectivity index (χ1) is 14.4. The van der Waals surface area contributed by atoms with E-state index in [2.05, 4.69) is 4.74 Å². The lowest BCUT2D eigenvalue weighted by Crippen LogP contribution is -2.23. The van der Waals surface area contributed by atoms with Crippen LogP contribution in [0.5, 0.6) is 5.75 Å². The van der Waals surface area contributed by atoms with E-state index in [9.17, 15) is 39.5 Å². The van der Waals surface area contributed by atoms with Crippen LogP contribution in [0.3, 0.4) is 0 Å². The highest BCUT2D eigenvalue weighted by atomic mass is 19.3. The molecule has 164 valence electrons. The van der Waals surface area contributed by atoms with Crippen LogP contribution < -0.4 is 4.74 Å². The standard InChI is InChI=1S/C21H11F9O/c1-9-2-4-12(19(26)18(9)25)10-3-5-13(14(22)6-10)21(29,30)31-11-7-15(23)17(20(27)28)16(24)8-11/h2-8,20H,1H3. The Morgan fingerprint density at radius 3 is 1.94 bits per heavy atom. The van der Waals surface area contributed by atoms with Crippen molar-refractivity contribution in [1.82, 2.24) is 0 Å². The summed E-state index contributed by atoms with van der Waals surface area (Å²) in [6.45, 7) is 1.29. The number of benzene rings is 3. The highest BCUT2D eigenvalue weighted by Crippen LogP contribution is 2.37. The largest absolute Gasteiger partial charge is 0.429 e. The maximum absolute atomic E-state index is 14.4. The minimum Gasteiger partial charge on any atom is -0.429 e. The summed E-state index contributed by atoms with van der Waals surface area (Å²) in [5.74, 6) is -8.90. The Kier molecular flexibility index (Phi) is 5.93. The van der Waals surface area contributed by atoms with Gasteiger partial charge in [0.2, 0.25) is 0 Å². The zero-order valence-electron chi connectivity index (χ0n) is 15.4. The Balaban J connectivity index is 1.95. The van der Waals surface area contributed by atoms with Crippen LogP contribution in [0.2, 0.25) is 0 Å². The second-order valence-electron chi connectivity index (χ2n) is 6.47. The summed E-state index contributed by atoms with van der Waals surface area (Å²) >= 11 is 0. The summed E-state index contributed by atoms with van der Waals surface area (Å²) in [5, 5.41) is 0. The average Bonchev–Trinajstić information content (AvgIpc) is 2.64. The average molecular weight is 450 g/mol. The molecule has 3 rings (SSSR count). The van der Waals surface area contributed by atoms with E-state index in [1.54, 1.807) is 0 Å². The Morgan fingerprint density at radius 1 is 0.774 bits per heavy atom. The van der Waals surface area contributed by atoms with Crippen molar-refractivity contribution < 1.29 is 44.3 Å². The highest BCUT2D eigenvalue weighted by molar-refractivity contribution is 5.65. The molecule has 31 heavy (non-hydrogen) atoms. The van der Waals surface area contributed by atoms with Crippen LogP contribution in [0.1, 0.15) is 23.1 Å². The zero-order valence-corrected chi connectivity index (χ0v) is 15.4. The molecule has 0 unspecified atom stereocenters. The van der Waals surface area contributed by atoms with Crippen molar-refractivity contribution >= 4 is 0 Å². The van der Waals surface area contributed by atoms with Crippen LogP contribution in [-0.4, -0.2) is 0 Å². The maximum Gasteiger partial charge on any atom is 0.429 e. The van der Waals surface area contributed by atoms with Crippen LogP contribution in [-0.2, 0) is 6.11 Å². The van der Waals surface area contributed by atoms with Crippen molar-refractivity contribution in [3.8, 4) is 16.9 Å². The van der Waals surface area contributed by atoms with Gasteiger partial charge in [-0.15, -0.1) is 0 Å². The number of halogens is 9. The highest BCUT2D eigenvalue weighted by Gasteiger charge is 2.38. The first-order valence-corrected chi connectivity index (χ1v) is 8.51. The van der Waals surface area contributed by atoms with Gasteiger partial charge in [-0.25, -0.2) is 30.7 Å². The first kappa shape index (κ1) is 22.5. The van der Waals surface area contributed by atoms with Crippen molar-refractivity contribution in [3.63, 3.8) is 0 Å². The van der Waals surface area contributed by atoms with Gasteiger partial charge in [-0.1, -0.05) is 18.2 Å². The van der Waals surface area contributed by atoms with Gasteiger partial charge in [-0.3, -0.25) is 0 Å². The Morgan fingerprint density at radius 2 is 1.39 bits per heavy atom. The van der Waals surface area contributed by atoms with Gasteiger partial charge in [0.05, 0.1) is 11.1 Å². The third-order valence-corrected chi connectivity index (χ3v) is 4.39. The number of rotatable bonds is 5. The number of alkyl halides is 4. The second kappa shape index (κ2) is 8.16. The van der Waals surface area contributed by atoms with E-state index >= 15 is 0 Å². The van der Waals surface area contributed by atoms with Gasteiger partial charge in [0.1, 0.15) is 23.2 Å². The number of ether oxygens (including phenoxy) is 1. The van der Waals surface area contributed by atoms with Gasteiger partial charge in [0.15, 0.2) is 11.6 Å². The normalized spacial score (nSPS) is 11.8. The molecule has 3 aromatic carbocycles. The van der Waals surface area contributed by atoms with Crippen molar-refractivity contribution in [1.29, 1.82) is 0 Å². The van der Waals surface area contributed by atoms with Crippen LogP contribution in [0.4, 0.5) is 39.5 Å². The number of hydrogen-bond donors (Lipinski definition) is 0.